The van der Waals surface area contributed by atoms with E-state index in [-0.39, 0.29) is 0 Å². The lowest BCUT2D eigenvalue weighted by molar-refractivity contribution is 0.702. The average molecular weight is 226 g/mol. The topological polar surface area (TPSA) is 47.7 Å². The lowest BCUT2D eigenvalue weighted by atomic mass is 10.2. The second-order valence-corrected chi connectivity index (χ2v) is 4.24. The van der Waals surface area contributed by atoms with Crippen molar-refractivity contribution in [1.29, 1.82) is 10.8 Å². The molecule has 0 heterocycles. The minimum atomic E-state index is 1.50. The minimum absolute atomic E-state index is 1.50. The van der Waals surface area contributed by atoms with Gasteiger partial charge in [0.15, 0.2) is 0 Å². The molecule has 96 valence electrons. The summed E-state index contributed by atoms with van der Waals surface area (Å²) in [5.74, 6) is 0. The van der Waals surface area contributed by atoms with Gasteiger partial charge in [-0.3, -0.25) is 0 Å². The van der Waals surface area contributed by atoms with E-state index in [2.05, 4.69) is 13.4 Å². The average Bonchev–Trinajstić information content (AvgIpc) is 2.83. The maximum absolute atomic E-state index is 5.50. The zero-order chi connectivity index (χ0) is 12.5. The van der Waals surface area contributed by atoms with E-state index in [0.29, 0.717) is 0 Å². The van der Waals surface area contributed by atoms with Crippen molar-refractivity contribution in [2.24, 2.45) is 0 Å². The predicted molar refractivity (Wildman–Crippen MR) is 75.1 cm³/mol. The molecule has 0 aromatic carbocycles. The summed E-state index contributed by atoms with van der Waals surface area (Å²) in [7, 11) is 0. The normalized spacial score (nSPS) is 18.5. The Bertz CT molecular complexity index is 82.0. The van der Waals surface area contributed by atoms with Crippen LogP contribution in [0.15, 0.2) is 0 Å². The van der Waals surface area contributed by atoms with Crippen molar-refractivity contribution in [1.82, 2.24) is 0 Å². The van der Waals surface area contributed by atoms with E-state index in [0.717, 1.165) is 0 Å². The van der Waals surface area contributed by atoms with Gasteiger partial charge in [-0.15, -0.1) is 0 Å². The van der Waals surface area contributed by atoms with Crippen LogP contribution in [0.4, 0.5) is 0 Å². The van der Waals surface area contributed by atoms with Gasteiger partial charge < -0.3 is 10.8 Å². The lowest BCUT2D eigenvalue weighted by Gasteiger charge is -1.85. The molecule has 0 amide bonds. The third-order valence-corrected chi connectivity index (χ3v) is 3.00. The fourth-order valence-electron chi connectivity index (χ4n) is 2.12. The summed E-state index contributed by atoms with van der Waals surface area (Å²) in [5, 5.41) is 11.0. The molecule has 0 aliphatic heterocycles. The molecule has 0 saturated heterocycles. The van der Waals surface area contributed by atoms with Crippen molar-refractivity contribution in [2.75, 3.05) is 0 Å². The highest BCUT2D eigenvalue weighted by Crippen LogP contribution is 2.15. The van der Waals surface area contributed by atoms with Crippen molar-refractivity contribution in [3.05, 3.63) is 0 Å². The molecule has 0 aromatic rings. The van der Waals surface area contributed by atoms with Crippen LogP contribution in [0.5, 0.6) is 0 Å². The molecule has 0 atom stereocenters. The van der Waals surface area contributed by atoms with Gasteiger partial charge in [-0.05, 0) is 13.4 Å². The van der Waals surface area contributed by atoms with E-state index in [1.807, 2.05) is 0 Å². The molecule has 0 bridgehead atoms. The fraction of sp³-hybridized carbons (Fsp3) is 0.857. The second-order valence-electron chi connectivity index (χ2n) is 4.24. The zero-order valence-electron chi connectivity index (χ0n) is 10.9. The molecule has 16 heavy (non-hydrogen) atoms. The monoisotopic (exact) mass is 226 g/mol. The number of nitrogens with one attached hydrogen (secondary N) is 2. The third kappa shape index (κ3) is 15.8. The van der Waals surface area contributed by atoms with Crippen LogP contribution in [-0.2, 0) is 0 Å². The van der Waals surface area contributed by atoms with Gasteiger partial charge in [0.2, 0.25) is 0 Å². The van der Waals surface area contributed by atoms with E-state index in [4.69, 9.17) is 10.8 Å². The Hall–Kier alpha value is -0.660. The van der Waals surface area contributed by atoms with Crippen LogP contribution in [0.3, 0.4) is 0 Å². The number of hydrogen-bond donors (Lipinski definition) is 2. The second kappa shape index (κ2) is 19.8. The smallest absolute Gasteiger partial charge is 0.0187 e. The molecule has 2 aliphatic rings. The van der Waals surface area contributed by atoms with Crippen molar-refractivity contribution < 1.29 is 0 Å². The molecule has 0 spiro atoms. The Morgan fingerprint density at radius 1 is 0.312 bits per heavy atom. The van der Waals surface area contributed by atoms with E-state index < -0.39 is 0 Å². The molecule has 0 aromatic heterocycles. The summed E-state index contributed by atoms with van der Waals surface area (Å²) in [4.78, 5) is 0. The molecular formula is C14H30N2. The molecule has 2 N–H and O–H groups in total. The van der Waals surface area contributed by atoms with Gasteiger partial charge in [-0.25, -0.2) is 0 Å². The van der Waals surface area contributed by atoms with Crippen molar-refractivity contribution in [3.8, 4) is 0 Å². The summed E-state index contributed by atoms with van der Waals surface area (Å²) >= 11 is 0. The quantitative estimate of drug-likeness (QED) is 0.420. The van der Waals surface area contributed by atoms with E-state index in [9.17, 15) is 0 Å². The van der Waals surface area contributed by atoms with Gasteiger partial charge in [-0.2, -0.15) is 0 Å². The summed E-state index contributed by atoms with van der Waals surface area (Å²) in [6.07, 6.45) is 18.0. The minimum Gasteiger partial charge on any atom is -0.317 e. The fourth-order valence-corrected chi connectivity index (χ4v) is 2.12. The molecule has 0 radical (unpaired) electrons. The van der Waals surface area contributed by atoms with Crippen LogP contribution in [0.2, 0.25) is 0 Å². The Labute approximate surface area is 102 Å². The Morgan fingerprint density at radius 3 is 0.438 bits per heavy atom. The Balaban J connectivity index is 0. The summed E-state index contributed by atoms with van der Waals surface area (Å²) in [6, 6.07) is 0. The maximum atomic E-state index is 5.50. The molecule has 2 fully saturated rings. The van der Waals surface area contributed by atoms with Gasteiger partial charge >= 0.3 is 0 Å². The van der Waals surface area contributed by atoms with E-state index >= 15 is 0 Å². The van der Waals surface area contributed by atoms with E-state index in [1.54, 1.807) is 0 Å². The molecule has 2 saturated carbocycles. The molecule has 2 nitrogen and oxygen atoms in total. The van der Waals surface area contributed by atoms with Crippen LogP contribution in [0.25, 0.3) is 0 Å². The van der Waals surface area contributed by atoms with Gasteiger partial charge in [-0.1, -0.05) is 77.0 Å². The first kappa shape index (κ1) is 17.7. The largest absolute Gasteiger partial charge is 0.317 e. The van der Waals surface area contributed by atoms with Gasteiger partial charge in [0.05, 0.1) is 0 Å². The molecule has 2 heteroatoms. The summed E-state index contributed by atoms with van der Waals surface area (Å²) in [5.41, 5.74) is 0. The number of rotatable bonds is 0. The summed E-state index contributed by atoms with van der Waals surface area (Å²) < 4.78 is 0. The first-order chi connectivity index (χ1) is 8.00. The highest BCUT2D eigenvalue weighted by molar-refractivity contribution is 5.16. The van der Waals surface area contributed by atoms with Crippen LogP contribution < -0.4 is 0 Å². The Morgan fingerprint density at radius 2 is 0.375 bits per heavy atom. The van der Waals surface area contributed by atoms with Crippen LogP contribution in [-0.4, -0.2) is 13.4 Å². The van der Waals surface area contributed by atoms with Crippen LogP contribution >= 0.6 is 0 Å². The standard InChI is InChI=1S/C7H14.C5H10.2CH3N/c1-2-4-6-7-5-3-1;1-2-4-5-3-1;2*1-2/h1-7H2;1-5H2;2*2H,1H2. The third-order valence-electron chi connectivity index (χ3n) is 3.00. The Kier molecular flexibility index (Phi) is 22.0. The maximum Gasteiger partial charge on any atom is -0.0187 e. The molecule has 0 unspecified atom stereocenters. The van der Waals surface area contributed by atoms with Crippen molar-refractivity contribution in [3.63, 3.8) is 0 Å². The molecule has 2 aliphatic carbocycles. The van der Waals surface area contributed by atoms with Crippen molar-refractivity contribution in [2.45, 2.75) is 77.0 Å². The lowest BCUT2D eigenvalue weighted by Crippen LogP contribution is -1.66. The predicted octanol–water partition coefficient (Wildman–Crippen LogP) is 5.21. The van der Waals surface area contributed by atoms with Crippen LogP contribution in [0.1, 0.15) is 77.0 Å². The highest BCUT2D eigenvalue weighted by atomic mass is 14.2. The zero-order valence-corrected chi connectivity index (χ0v) is 10.9. The van der Waals surface area contributed by atoms with Crippen molar-refractivity contribution >= 4 is 13.4 Å². The van der Waals surface area contributed by atoms with Gasteiger partial charge in [0, 0.05) is 0 Å². The van der Waals surface area contributed by atoms with E-state index in [1.165, 1.54) is 77.0 Å². The van der Waals surface area contributed by atoms with Gasteiger partial charge in [0.25, 0.3) is 0 Å². The van der Waals surface area contributed by atoms with Crippen LogP contribution in [0, 0.1) is 10.8 Å². The SMILES string of the molecule is C1CCCC1.C1CCCCCC1.C=N.C=N. The first-order valence-corrected chi connectivity index (χ1v) is 6.71. The summed E-state index contributed by atoms with van der Waals surface area (Å²) in [6.45, 7) is 5.00. The first-order valence-electron chi connectivity index (χ1n) is 6.71. The molecule has 2 rings (SSSR count). The van der Waals surface area contributed by atoms with Gasteiger partial charge in [0.1, 0.15) is 0 Å². The number of hydrogen-bond acceptors (Lipinski definition) is 2. The highest BCUT2D eigenvalue weighted by Gasteiger charge is 1.96. The molecular weight excluding hydrogens is 196 g/mol.